The zero-order chi connectivity index (χ0) is 18.4. The molecule has 1 N–H and O–H groups in total. The van der Waals surface area contributed by atoms with Crippen molar-refractivity contribution in [1.29, 1.82) is 0 Å². The number of nitrogens with zero attached hydrogens (tertiary/aromatic N) is 1. The van der Waals surface area contributed by atoms with Gasteiger partial charge in [-0.25, -0.2) is 0 Å². The number of para-hydroxylation sites is 1. The van der Waals surface area contributed by atoms with Gasteiger partial charge in [0.05, 0.1) is 6.54 Å². The van der Waals surface area contributed by atoms with E-state index in [1.54, 1.807) is 36.4 Å². The molecule has 0 aliphatic carbocycles. The highest BCUT2D eigenvalue weighted by Gasteiger charge is 2.23. The van der Waals surface area contributed by atoms with Gasteiger partial charge in [0.2, 0.25) is 0 Å². The number of nitrogens with one attached hydrogen (secondary N) is 1. The van der Waals surface area contributed by atoms with Crippen LogP contribution < -0.4 is 10.2 Å². The Labute approximate surface area is 157 Å². The molecule has 0 spiro atoms. The molecule has 5 heteroatoms. The number of anilines is 2. The van der Waals surface area contributed by atoms with E-state index in [0.717, 1.165) is 5.56 Å². The maximum Gasteiger partial charge on any atom is 0.316 e. The van der Waals surface area contributed by atoms with Gasteiger partial charge in [0, 0.05) is 16.4 Å². The average molecular weight is 365 g/mol. The third-order valence-electron chi connectivity index (χ3n) is 3.79. The Hall–Kier alpha value is -3.11. The number of hydrogen-bond donors (Lipinski definition) is 1. The molecular weight excluding hydrogens is 348 g/mol. The summed E-state index contributed by atoms with van der Waals surface area (Å²) in [5.74, 6) is -1.33. The molecule has 0 bridgehead atoms. The Kier molecular flexibility index (Phi) is 5.66. The van der Waals surface area contributed by atoms with Gasteiger partial charge >= 0.3 is 11.8 Å². The quantitative estimate of drug-likeness (QED) is 0.692. The third kappa shape index (κ3) is 4.49. The second kappa shape index (κ2) is 8.32. The van der Waals surface area contributed by atoms with Crippen LogP contribution in [0.5, 0.6) is 0 Å². The van der Waals surface area contributed by atoms with E-state index in [9.17, 15) is 9.59 Å². The summed E-state index contributed by atoms with van der Waals surface area (Å²) in [7, 11) is 0. The fraction of sp³-hybridized carbons (Fsp3) is 0.0476. The molecule has 3 rings (SSSR count). The van der Waals surface area contributed by atoms with Crippen molar-refractivity contribution < 1.29 is 9.59 Å². The van der Waals surface area contributed by atoms with Crippen molar-refractivity contribution in [3.8, 4) is 0 Å². The predicted octanol–water partition coefficient (Wildman–Crippen LogP) is 4.51. The molecule has 130 valence electrons. The van der Waals surface area contributed by atoms with Crippen LogP contribution in [0.3, 0.4) is 0 Å². The lowest BCUT2D eigenvalue weighted by Gasteiger charge is -2.22. The topological polar surface area (TPSA) is 49.4 Å². The van der Waals surface area contributed by atoms with Gasteiger partial charge in [0.25, 0.3) is 0 Å². The van der Waals surface area contributed by atoms with Gasteiger partial charge in [-0.05, 0) is 42.0 Å². The molecular formula is C21H17ClN2O2. The highest BCUT2D eigenvalue weighted by Crippen LogP contribution is 2.18. The maximum atomic E-state index is 12.8. The van der Waals surface area contributed by atoms with Gasteiger partial charge in [-0.2, -0.15) is 0 Å². The number of hydrogen-bond acceptors (Lipinski definition) is 2. The highest BCUT2D eigenvalue weighted by molar-refractivity contribution is 6.44. The minimum absolute atomic E-state index is 0.303. The first kappa shape index (κ1) is 17.7. The standard InChI is InChI=1S/C21H17ClN2O2/c22-17-11-13-18(14-12-17)23-20(25)21(26)24(19-9-5-2-6-10-19)15-16-7-3-1-4-8-16/h1-14H,15H2,(H,23,25). The lowest BCUT2D eigenvalue weighted by Crippen LogP contribution is -2.39. The SMILES string of the molecule is O=C(Nc1ccc(Cl)cc1)C(=O)N(Cc1ccccc1)c1ccccc1. The number of carbonyl (C=O) groups is 2. The van der Waals surface area contributed by atoms with E-state index in [2.05, 4.69) is 5.32 Å². The van der Waals surface area contributed by atoms with Crippen LogP contribution in [0.1, 0.15) is 5.56 Å². The number of rotatable bonds is 4. The number of amides is 2. The van der Waals surface area contributed by atoms with Crippen molar-refractivity contribution in [2.45, 2.75) is 6.54 Å². The van der Waals surface area contributed by atoms with Gasteiger partial charge in [0.15, 0.2) is 0 Å². The summed E-state index contributed by atoms with van der Waals surface area (Å²) in [6.45, 7) is 0.303. The van der Waals surface area contributed by atoms with E-state index < -0.39 is 11.8 Å². The van der Waals surface area contributed by atoms with Crippen LogP contribution in [0, 0.1) is 0 Å². The van der Waals surface area contributed by atoms with E-state index in [-0.39, 0.29) is 0 Å². The van der Waals surface area contributed by atoms with Gasteiger partial charge in [0.1, 0.15) is 0 Å². The molecule has 3 aromatic rings. The molecule has 0 aliphatic rings. The van der Waals surface area contributed by atoms with Gasteiger partial charge in [-0.15, -0.1) is 0 Å². The number of halogens is 1. The fourth-order valence-corrected chi connectivity index (χ4v) is 2.62. The molecule has 0 saturated heterocycles. The summed E-state index contributed by atoms with van der Waals surface area (Å²) in [4.78, 5) is 26.7. The zero-order valence-electron chi connectivity index (χ0n) is 13.9. The first-order valence-electron chi connectivity index (χ1n) is 8.11. The molecule has 0 saturated carbocycles. The van der Waals surface area contributed by atoms with E-state index in [4.69, 9.17) is 11.6 Å². The summed E-state index contributed by atoms with van der Waals surface area (Å²) in [6, 6.07) is 25.3. The molecule has 0 atom stereocenters. The molecule has 0 unspecified atom stereocenters. The maximum absolute atomic E-state index is 12.8. The largest absolute Gasteiger partial charge is 0.318 e. The van der Waals surface area contributed by atoms with E-state index in [1.807, 2.05) is 48.5 Å². The molecule has 0 heterocycles. The Balaban J connectivity index is 1.82. The van der Waals surface area contributed by atoms with E-state index in [0.29, 0.717) is 22.9 Å². The average Bonchev–Trinajstić information content (AvgIpc) is 2.69. The van der Waals surface area contributed by atoms with Gasteiger partial charge < -0.3 is 5.32 Å². The summed E-state index contributed by atoms with van der Waals surface area (Å²) in [6.07, 6.45) is 0. The normalized spacial score (nSPS) is 10.2. The monoisotopic (exact) mass is 364 g/mol. The molecule has 0 radical (unpaired) electrons. The fourth-order valence-electron chi connectivity index (χ4n) is 2.49. The van der Waals surface area contributed by atoms with Crippen molar-refractivity contribution in [2.75, 3.05) is 10.2 Å². The Morgan fingerprint density at radius 2 is 1.38 bits per heavy atom. The predicted molar refractivity (Wildman–Crippen MR) is 104 cm³/mol. The smallest absolute Gasteiger partial charge is 0.316 e. The minimum atomic E-state index is -0.702. The summed E-state index contributed by atoms with van der Waals surface area (Å²) < 4.78 is 0. The molecule has 4 nitrogen and oxygen atoms in total. The van der Waals surface area contributed by atoms with Crippen molar-refractivity contribution >= 4 is 34.8 Å². The third-order valence-corrected chi connectivity index (χ3v) is 4.04. The van der Waals surface area contributed by atoms with Gasteiger partial charge in [-0.3, -0.25) is 14.5 Å². The van der Waals surface area contributed by atoms with Crippen molar-refractivity contribution in [1.82, 2.24) is 0 Å². The number of benzene rings is 3. The number of carbonyl (C=O) groups excluding carboxylic acids is 2. The highest BCUT2D eigenvalue weighted by atomic mass is 35.5. The van der Waals surface area contributed by atoms with Crippen LogP contribution in [0.2, 0.25) is 5.02 Å². The second-order valence-electron chi connectivity index (χ2n) is 5.67. The summed E-state index contributed by atoms with van der Waals surface area (Å²) in [5, 5.41) is 3.18. The van der Waals surface area contributed by atoms with Gasteiger partial charge in [-0.1, -0.05) is 60.1 Å². The molecule has 26 heavy (non-hydrogen) atoms. The Morgan fingerprint density at radius 1 is 0.808 bits per heavy atom. The molecule has 0 aliphatic heterocycles. The summed E-state index contributed by atoms with van der Waals surface area (Å²) in [5.41, 5.74) is 2.11. The summed E-state index contributed by atoms with van der Waals surface area (Å²) >= 11 is 5.84. The first-order chi connectivity index (χ1) is 12.6. The van der Waals surface area contributed by atoms with Crippen LogP contribution in [-0.2, 0) is 16.1 Å². The second-order valence-corrected chi connectivity index (χ2v) is 6.11. The van der Waals surface area contributed by atoms with Crippen LogP contribution in [-0.4, -0.2) is 11.8 Å². The lowest BCUT2D eigenvalue weighted by atomic mass is 10.2. The molecule has 2 amide bonds. The van der Waals surface area contributed by atoms with Crippen LogP contribution in [0.4, 0.5) is 11.4 Å². The van der Waals surface area contributed by atoms with Crippen molar-refractivity contribution in [3.63, 3.8) is 0 Å². The minimum Gasteiger partial charge on any atom is -0.318 e. The van der Waals surface area contributed by atoms with Crippen molar-refractivity contribution in [2.24, 2.45) is 0 Å². The molecule has 0 fully saturated rings. The first-order valence-corrected chi connectivity index (χ1v) is 8.48. The van der Waals surface area contributed by atoms with E-state index in [1.165, 1.54) is 4.90 Å². The molecule has 0 aromatic heterocycles. The van der Waals surface area contributed by atoms with Crippen LogP contribution in [0.25, 0.3) is 0 Å². The van der Waals surface area contributed by atoms with Crippen molar-refractivity contribution in [3.05, 3.63) is 95.5 Å². The Morgan fingerprint density at radius 3 is 2.00 bits per heavy atom. The molecule has 3 aromatic carbocycles. The van der Waals surface area contributed by atoms with Crippen LogP contribution >= 0.6 is 11.6 Å². The lowest BCUT2D eigenvalue weighted by molar-refractivity contribution is -0.134. The van der Waals surface area contributed by atoms with Crippen LogP contribution in [0.15, 0.2) is 84.9 Å². The Bertz CT molecular complexity index is 881. The van der Waals surface area contributed by atoms with E-state index >= 15 is 0 Å². The zero-order valence-corrected chi connectivity index (χ0v) is 14.7.